The summed E-state index contributed by atoms with van der Waals surface area (Å²) < 4.78 is 5.82. The maximum Gasteiger partial charge on any atom is 0.247 e. The molecule has 12 nitrogen and oxygen atoms in total. The molecule has 0 saturated carbocycles. The predicted octanol–water partition coefficient (Wildman–Crippen LogP) is 1.83. The number of nitrogens with zero attached hydrogens (tertiary/aromatic N) is 1. The van der Waals surface area contributed by atoms with Gasteiger partial charge in [0.25, 0.3) is 0 Å². The van der Waals surface area contributed by atoms with Gasteiger partial charge in [0, 0.05) is 31.3 Å². The first-order chi connectivity index (χ1) is 20.0. The number of carbonyl (C=O) groups is 4. The second-order valence-corrected chi connectivity index (χ2v) is 11.3. The topological polar surface area (TPSA) is 198 Å². The summed E-state index contributed by atoms with van der Waals surface area (Å²) in [6.45, 7) is 6.99. The summed E-state index contributed by atoms with van der Waals surface area (Å²) in [5, 5.41) is 15.2. The van der Waals surface area contributed by atoms with Crippen LogP contribution in [0.4, 0.5) is 0 Å². The lowest BCUT2D eigenvalue weighted by molar-refractivity contribution is -0.142. The van der Waals surface area contributed by atoms with Crippen LogP contribution in [0.3, 0.4) is 0 Å². The first-order valence-electron chi connectivity index (χ1n) is 14.9. The lowest BCUT2D eigenvalue weighted by Crippen LogP contribution is -2.49. The van der Waals surface area contributed by atoms with Gasteiger partial charge in [-0.05, 0) is 68.6 Å². The molecule has 0 saturated heterocycles. The average Bonchev–Trinajstić information content (AvgIpc) is 2.95. The molecule has 0 unspecified atom stereocenters. The van der Waals surface area contributed by atoms with Crippen molar-refractivity contribution in [3.05, 3.63) is 29.8 Å². The van der Waals surface area contributed by atoms with Crippen molar-refractivity contribution in [2.75, 3.05) is 19.7 Å². The van der Waals surface area contributed by atoms with Crippen LogP contribution in [0.1, 0.15) is 71.3 Å². The van der Waals surface area contributed by atoms with Crippen LogP contribution in [0.5, 0.6) is 5.75 Å². The zero-order valence-corrected chi connectivity index (χ0v) is 25.1. The smallest absolute Gasteiger partial charge is 0.247 e. The molecule has 0 fully saturated rings. The van der Waals surface area contributed by atoms with Crippen LogP contribution in [0, 0.1) is 23.7 Å². The first kappa shape index (κ1) is 34.5. The molecule has 0 radical (unpaired) electrons. The molecule has 3 rings (SSSR count). The fourth-order valence-corrected chi connectivity index (χ4v) is 5.18. The Balaban J connectivity index is 2.39. The van der Waals surface area contributed by atoms with E-state index < -0.39 is 35.6 Å². The molecule has 1 aromatic carbocycles. The van der Waals surface area contributed by atoms with Gasteiger partial charge in [0.05, 0.1) is 18.6 Å². The second kappa shape index (κ2) is 18.0. The van der Waals surface area contributed by atoms with Crippen molar-refractivity contribution >= 4 is 29.5 Å². The number of hydrogen-bond acceptors (Lipinski definition) is 7. The van der Waals surface area contributed by atoms with E-state index in [0.29, 0.717) is 57.6 Å². The highest BCUT2D eigenvalue weighted by Gasteiger charge is 2.36. The number of hydrogen-bond donors (Lipinski definition) is 6. The molecule has 42 heavy (non-hydrogen) atoms. The third kappa shape index (κ3) is 11.7. The molecule has 2 aliphatic rings. The van der Waals surface area contributed by atoms with E-state index in [2.05, 4.69) is 15.6 Å². The van der Waals surface area contributed by atoms with Gasteiger partial charge in [0.2, 0.25) is 17.7 Å². The van der Waals surface area contributed by atoms with Crippen LogP contribution >= 0.6 is 0 Å². The van der Waals surface area contributed by atoms with Gasteiger partial charge in [-0.25, -0.2) is 5.48 Å². The van der Waals surface area contributed by atoms with Crippen LogP contribution in [-0.4, -0.2) is 60.4 Å². The van der Waals surface area contributed by atoms with Gasteiger partial charge >= 0.3 is 0 Å². The number of nitrogens with one attached hydrogen (secondary N) is 3. The Kier molecular flexibility index (Phi) is 14.8. The van der Waals surface area contributed by atoms with Crippen LogP contribution < -0.4 is 32.3 Å². The lowest BCUT2D eigenvalue weighted by Gasteiger charge is -2.29. The molecule has 2 heterocycles. The SMILES string of the molecule is CCCNC(=O)[C@H](CCCN=C(N)N)CC(=O)[C@@H]1Cc2ccc(cc2)OCCC[C@H](C(=O)NO)[C@@H](CC(C)C)C(=O)N1. The summed E-state index contributed by atoms with van der Waals surface area (Å²) in [7, 11) is 0. The Hall–Kier alpha value is -3.67. The number of amides is 3. The Bertz CT molecular complexity index is 1060. The molecule has 2 bridgehead atoms. The third-order valence-corrected chi connectivity index (χ3v) is 7.36. The minimum Gasteiger partial charge on any atom is -0.494 e. The highest BCUT2D eigenvalue weighted by Crippen LogP contribution is 2.27. The van der Waals surface area contributed by atoms with Crippen molar-refractivity contribution in [1.29, 1.82) is 0 Å². The van der Waals surface area contributed by atoms with E-state index in [1.807, 2.05) is 32.9 Å². The molecular formula is C30H48N6O6. The standard InChI is InChI=1S/C30H48N6O6/c1-4-13-33-27(38)21(7-5-14-34-30(31)32)18-26(37)25-17-20-9-11-22(12-10-20)42-15-6-8-23(29(40)36-41)24(16-19(2)3)28(39)35-25/h9-12,19,21,23-25,41H,4-8,13-18H2,1-3H3,(H,33,38)(H,35,39)(H,36,40)(H4,31,32,34)/t21-,23+,24-,25+/m1/s1. The average molecular weight is 589 g/mol. The molecule has 0 spiro atoms. The van der Waals surface area contributed by atoms with E-state index in [1.165, 1.54) is 0 Å². The quantitative estimate of drug-likeness (QED) is 0.0659. The first-order valence-corrected chi connectivity index (χ1v) is 14.9. The maximum absolute atomic E-state index is 13.8. The van der Waals surface area contributed by atoms with Crippen molar-refractivity contribution in [2.24, 2.45) is 40.1 Å². The Labute approximate surface area is 248 Å². The van der Waals surface area contributed by atoms with Gasteiger partial charge in [-0.15, -0.1) is 0 Å². The van der Waals surface area contributed by atoms with Crippen molar-refractivity contribution in [3.63, 3.8) is 0 Å². The van der Waals surface area contributed by atoms with E-state index >= 15 is 0 Å². The molecule has 12 heteroatoms. The van der Waals surface area contributed by atoms with Gasteiger partial charge in [0.1, 0.15) is 5.75 Å². The number of benzene rings is 1. The lowest BCUT2D eigenvalue weighted by atomic mass is 9.81. The van der Waals surface area contributed by atoms with E-state index in [1.54, 1.807) is 17.6 Å². The van der Waals surface area contributed by atoms with E-state index in [-0.39, 0.29) is 36.4 Å². The molecule has 3 amide bonds. The predicted molar refractivity (Wildman–Crippen MR) is 159 cm³/mol. The number of ketones is 1. The summed E-state index contributed by atoms with van der Waals surface area (Å²) in [5.74, 6) is -3.15. The molecule has 0 aromatic heterocycles. The largest absolute Gasteiger partial charge is 0.494 e. The van der Waals surface area contributed by atoms with E-state index in [4.69, 9.17) is 16.2 Å². The number of fused-ring (bicyclic) bond motifs is 11. The van der Waals surface area contributed by atoms with Gasteiger partial charge in [-0.2, -0.15) is 0 Å². The van der Waals surface area contributed by atoms with Gasteiger partial charge in [-0.1, -0.05) is 32.9 Å². The second-order valence-electron chi connectivity index (χ2n) is 11.3. The number of nitrogens with two attached hydrogens (primary N) is 2. The van der Waals surface area contributed by atoms with Crippen LogP contribution in [0.25, 0.3) is 0 Å². The molecule has 1 aromatic rings. The third-order valence-electron chi connectivity index (χ3n) is 7.36. The normalized spacial score (nSPS) is 20.0. The number of hydroxylamine groups is 1. The minimum atomic E-state index is -0.932. The molecule has 2 aliphatic heterocycles. The van der Waals surface area contributed by atoms with Gasteiger partial charge in [-0.3, -0.25) is 29.4 Å². The fourth-order valence-electron chi connectivity index (χ4n) is 5.18. The van der Waals surface area contributed by atoms with Crippen LogP contribution in [-0.2, 0) is 25.6 Å². The molecule has 0 aliphatic carbocycles. The van der Waals surface area contributed by atoms with Crippen molar-refractivity contribution in [3.8, 4) is 5.75 Å². The molecular weight excluding hydrogens is 540 g/mol. The van der Waals surface area contributed by atoms with E-state index in [0.717, 1.165) is 12.0 Å². The van der Waals surface area contributed by atoms with Crippen LogP contribution in [0.2, 0.25) is 0 Å². The van der Waals surface area contributed by atoms with Gasteiger partial charge < -0.3 is 26.8 Å². The fraction of sp³-hybridized carbons (Fsp3) is 0.633. The summed E-state index contributed by atoms with van der Waals surface area (Å²) >= 11 is 0. The summed E-state index contributed by atoms with van der Waals surface area (Å²) in [5.41, 5.74) is 13.4. The Morgan fingerprint density at radius 1 is 1.19 bits per heavy atom. The minimum absolute atomic E-state index is 0.0407. The van der Waals surface area contributed by atoms with Crippen molar-refractivity contribution in [1.82, 2.24) is 16.1 Å². The number of aliphatic imine (C=N–C) groups is 1. The van der Waals surface area contributed by atoms with Crippen molar-refractivity contribution in [2.45, 2.75) is 78.2 Å². The number of ether oxygens (including phenoxy) is 1. The van der Waals surface area contributed by atoms with E-state index in [9.17, 15) is 24.4 Å². The number of Topliss-reactive ketones (excluding diaryl/α,β-unsaturated/α-hetero) is 1. The summed E-state index contributed by atoms with van der Waals surface area (Å²) in [4.78, 5) is 57.3. The van der Waals surface area contributed by atoms with Gasteiger partial charge in [0.15, 0.2) is 11.7 Å². The Morgan fingerprint density at radius 2 is 1.90 bits per heavy atom. The number of guanidine groups is 1. The molecule has 8 N–H and O–H groups in total. The Morgan fingerprint density at radius 3 is 2.52 bits per heavy atom. The summed E-state index contributed by atoms with van der Waals surface area (Å²) in [6, 6.07) is 6.37. The highest BCUT2D eigenvalue weighted by molar-refractivity contribution is 5.94. The zero-order chi connectivity index (χ0) is 31.1. The number of rotatable bonds is 13. The van der Waals surface area contributed by atoms with Crippen molar-refractivity contribution < 1.29 is 29.1 Å². The zero-order valence-electron chi connectivity index (χ0n) is 25.1. The highest BCUT2D eigenvalue weighted by atomic mass is 16.5. The number of carbonyl (C=O) groups excluding carboxylic acids is 4. The van der Waals surface area contributed by atoms with Crippen LogP contribution in [0.15, 0.2) is 29.3 Å². The molecule has 234 valence electrons. The monoisotopic (exact) mass is 588 g/mol. The maximum atomic E-state index is 13.8. The molecule has 4 atom stereocenters. The summed E-state index contributed by atoms with van der Waals surface area (Å²) in [6.07, 6.45) is 2.93.